The number of benzene rings is 1. The summed E-state index contributed by atoms with van der Waals surface area (Å²) in [6.45, 7) is 1.70. The first kappa shape index (κ1) is 11.1. The predicted molar refractivity (Wildman–Crippen MR) is 54.7 cm³/mol. The first-order valence-corrected chi connectivity index (χ1v) is 4.50. The van der Waals surface area contributed by atoms with E-state index in [2.05, 4.69) is 0 Å². The molecule has 0 unspecified atom stereocenters. The van der Waals surface area contributed by atoms with Gasteiger partial charge in [-0.2, -0.15) is 0 Å². The molecule has 0 spiro atoms. The van der Waals surface area contributed by atoms with Crippen molar-refractivity contribution in [1.82, 2.24) is 0 Å². The standard InChI is InChI=1S/C9H8Cl2O3/c1-4-3-5(10)7(11)6(9(12)13)8(4)14-2/h3H,1-2H3,(H,12,13). The van der Waals surface area contributed by atoms with Crippen LogP contribution < -0.4 is 4.74 Å². The highest BCUT2D eigenvalue weighted by Crippen LogP contribution is 2.35. The molecule has 0 heterocycles. The van der Waals surface area contributed by atoms with E-state index >= 15 is 0 Å². The zero-order valence-electron chi connectivity index (χ0n) is 7.60. The van der Waals surface area contributed by atoms with E-state index in [0.717, 1.165) is 0 Å². The van der Waals surface area contributed by atoms with Crippen LogP contribution in [0.3, 0.4) is 0 Å². The number of ether oxygens (including phenoxy) is 1. The summed E-state index contributed by atoms with van der Waals surface area (Å²) in [7, 11) is 1.39. The van der Waals surface area contributed by atoms with Crippen molar-refractivity contribution in [2.24, 2.45) is 0 Å². The summed E-state index contributed by atoms with van der Waals surface area (Å²) in [6, 6.07) is 1.56. The second-order valence-corrected chi connectivity index (χ2v) is 3.49. The lowest BCUT2D eigenvalue weighted by molar-refractivity contribution is 0.0693. The van der Waals surface area contributed by atoms with E-state index in [9.17, 15) is 4.79 Å². The molecule has 5 heteroatoms. The number of carbonyl (C=O) groups is 1. The second kappa shape index (κ2) is 4.07. The van der Waals surface area contributed by atoms with Gasteiger partial charge in [0, 0.05) is 0 Å². The Balaban J connectivity index is 3.56. The Hall–Kier alpha value is -0.930. The van der Waals surface area contributed by atoms with Crippen LogP contribution in [0.25, 0.3) is 0 Å². The predicted octanol–water partition coefficient (Wildman–Crippen LogP) is 3.01. The highest BCUT2D eigenvalue weighted by atomic mass is 35.5. The molecule has 0 fully saturated rings. The van der Waals surface area contributed by atoms with E-state index in [1.807, 2.05) is 0 Å². The Bertz CT molecular complexity index is 388. The molecule has 0 saturated heterocycles. The van der Waals surface area contributed by atoms with E-state index in [-0.39, 0.29) is 21.4 Å². The van der Waals surface area contributed by atoms with Crippen LogP contribution in [0.1, 0.15) is 15.9 Å². The SMILES string of the molecule is COc1c(C)cc(Cl)c(Cl)c1C(=O)O. The largest absolute Gasteiger partial charge is 0.496 e. The third-order valence-electron chi connectivity index (χ3n) is 1.78. The molecule has 1 rings (SSSR count). The molecular weight excluding hydrogens is 227 g/mol. The average Bonchev–Trinajstić information content (AvgIpc) is 2.10. The van der Waals surface area contributed by atoms with Gasteiger partial charge in [-0.1, -0.05) is 23.2 Å². The van der Waals surface area contributed by atoms with E-state index in [0.29, 0.717) is 5.56 Å². The zero-order chi connectivity index (χ0) is 10.9. The topological polar surface area (TPSA) is 46.5 Å². The molecule has 76 valence electrons. The number of carboxylic acid groups (broad SMARTS) is 1. The summed E-state index contributed by atoms with van der Waals surface area (Å²) in [5.74, 6) is -0.913. The van der Waals surface area contributed by atoms with Gasteiger partial charge in [0.25, 0.3) is 0 Å². The fourth-order valence-electron chi connectivity index (χ4n) is 1.19. The Labute approximate surface area is 91.2 Å². The van der Waals surface area contributed by atoms with Gasteiger partial charge < -0.3 is 9.84 Å². The van der Waals surface area contributed by atoms with Crippen LogP contribution in [0.15, 0.2) is 6.07 Å². The van der Waals surface area contributed by atoms with Gasteiger partial charge in [-0.05, 0) is 18.6 Å². The van der Waals surface area contributed by atoms with E-state index in [1.54, 1.807) is 13.0 Å². The minimum atomic E-state index is -1.16. The molecule has 0 saturated carbocycles. The Morgan fingerprint density at radius 1 is 1.50 bits per heavy atom. The lowest BCUT2D eigenvalue weighted by Crippen LogP contribution is -2.03. The fourth-order valence-corrected chi connectivity index (χ4v) is 1.67. The quantitative estimate of drug-likeness (QED) is 0.856. The van der Waals surface area contributed by atoms with Gasteiger partial charge in [0.05, 0.1) is 17.2 Å². The molecule has 14 heavy (non-hydrogen) atoms. The maximum Gasteiger partial charge on any atom is 0.341 e. The summed E-state index contributed by atoms with van der Waals surface area (Å²) in [4.78, 5) is 10.9. The highest BCUT2D eigenvalue weighted by molar-refractivity contribution is 6.44. The van der Waals surface area contributed by atoms with E-state index < -0.39 is 5.97 Å². The molecule has 1 aromatic carbocycles. The normalized spacial score (nSPS) is 10.0. The highest BCUT2D eigenvalue weighted by Gasteiger charge is 2.20. The monoisotopic (exact) mass is 234 g/mol. The minimum absolute atomic E-state index is 0.00150. The van der Waals surface area contributed by atoms with Crippen LogP contribution in [-0.4, -0.2) is 18.2 Å². The summed E-state index contributed by atoms with van der Waals surface area (Å²) >= 11 is 11.5. The Morgan fingerprint density at radius 2 is 2.07 bits per heavy atom. The van der Waals surface area contributed by atoms with Crippen LogP contribution in [0.2, 0.25) is 10.0 Å². The van der Waals surface area contributed by atoms with Crippen molar-refractivity contribution >= 4 is 29.2 Å². The number of halogens is 2. The number of aromatic carboxylic acids is 1. The molecule has 1 N–H and O–H groups in total. The van der Waals surface area contributed by atoms with Crippen molar-refractivity contribution in [2.45, 2.75) is 6.92 Å². The number of rotatable bonds is 2. The molecule has 0 aromatic heterocycles. The van der Waals surface area contributed by atoms with Gasteiger partial charge in [0.1, 0.15) is 11.3 Å². The number of aryl methyl sites for hydroxylation is 1. The van der Waals surface area contributed by atoms with Crippen molar-refractivity contribution in [1.29, 1.82) is 0 Å². The Kier molecular flexibility index (Phi) is 3.24. The number of carboxylic acids is 1. The smallest absolute Gasteiger partial charge is 0.341 e. The second-order valence-electron chi connectivity index (χ2n) is 2.70. The van der Waals surface area contributed by atoms with Crippen LogP contribution in [-0.2, 0) is 0 Å². The average molecular weight is 235 g/mol. The van der Waals surface area contributed by atoms with E-state index in [4.69, 9.17) is 33.0 Å². The van der Waals surface area contributed by atoms with Crippen LogP contribution in [0.4, 0.5) is 0 Å². The zero-order valence-corrected chi connectivity index (χ0v) is 9.11. The molecule has 0 aliphatic rings. The van der Waals surface area contributed by atoms with Crippen LogP contribution in [0.5, 0.6) is 5.75 Å². The number of hydrogen-bond donors (Lipinski definition) is 1. The molecule has 1 aromatic rings. The minimum Gasteiger partial charge on any atom is -0.496 e. The summed E-state index contributed by atoms with van der Waals surface area (Å²) in [6.07, 6.45) is 0. The van der Waals surface area contributed by atoms with Gasteiger partial charge in [-0.25, -0.2) is 4.79 Å². The van der Waals surface area contributed by atoms with Crippen LogP contribution >= 0.6 is 23.2 Å². The Morgan fingerprint density at radius 3 is 2.50 bits per heavy atom. The van der Waals surface area contributed by atoms with E-state index in [1.165, 1.54) is 7.11 Å². The maximum atomic E-state index is 10.9. The molecule has 0 aliphatic heterocycles. The molecular formula is C9H8Cl2O3. The summed E-state index contributed by atoms with van der Waals surface area (Å²) in [5, 5.41) is 9.12. The molecule has 0 aliphatic carbocycles. The van der Waals surface area contributed by atoms with Crippen molar-refractivity contribution in [3.8, 4) is 5.75 Å². The maximum absolute atomic E-state index is 10.9. The third kappa shape index (κ3) is 1.79. The first-order chi connectivity index (χ1) is 6.49. The molecule has 0 amide bonds. The van der Waals surface area contributed by atoms with Gasteiger partial charge in [0.2, 0.25) is 0 Å². The van der Waals surface area contributed by atoms with Gasteiger partial charge in [-0.15, -0.1) is 0 Å². The molecule has 0 bridgehead atoms. The lowest BCUT2D eigenvalue weighted by atomic mass is 10.1. The van der Waals surface area contributed by atoms with Crippen molar-refractivity contribution in [3.63, 3.8) is 0 Å². The summed E-state index contributed by atoms with van der Waals surface area (Å²) in [5.41, 5.74) is 0.540. The first-order valence-electron chi connectivity index (χ1n) is 3.75. The van der Waals surface area contributed by atoms with Gasteiger partial charge in [0.15, 0.2) is 0 Å². The molecule has 0 radical (unpaired) electrons. The van der Waals surface area contributed by atoms with Crippen molar-refractivity contribution < 1.29 is 14.6 Å². The molecule has 0 atom stereocenters. The summed E-state index contributed by atoms with van der Waals surface area (Å²) < 4.78 is 4.95. The van der Waals surface area contributed by atoms with Crippen LogP contribution in [0, 0.1) is 6.92 Å². The lowest BCUT2D eigenvalue weighted by Gasteiger charge is -2.10. The number of hydrogen-bond acceptors (Lipinski definition) is 2. The fraction of sp³-hybridized carbons (Fsp3) is 0.222. The molecule has 3 nitrogen and oxygen atoms in total. The number of methoxy groups -OCH3 is 1. The van der Waals surface area contributed by atoms with Crippen molar-refractivity contribution in [3.05, 3.63) is 27.2 Å². The van der Waals surface area contributed by atoms with Crippen molar-refractivity contribution in [2.75, 3.05) is 7.11 Å². The third-order valence-corrected chi connectivity index (χ3v) is 2.56. The van der Waals surface area contributed by atoms with Gasteiger partial charge in [-0.3, -0.25) is 0 Å². The van der Waals surface area contributed by atoms with Gasteiger partial charge >= 0.3 is 5.97 Å².